The predicted octanol–water partition coefficient (Wildman–Crippen LogP) is 3.27. The van der Waals surface area contributed by atoms with E-state index in [1.807, 2.05) is 27.7 Å². The number of rotatable bonds is 8. The van der Waals surface area contributed by atoms with Crippen molar-refractivity contribution in [1.29, 1.82) is 0 Å². The maximum Gasteiger partial charge on any atom is 0.241 e. The third-order valence-electron chi connectivity index (χ3n) is 5.07. The van der Waals surface area contributed by atoms with Gasteiger partial charge in [0, 0.05) is 6.07 Å². The average molecular weight is 435 g/mol. The summed E-state index contributed by atoms with van der Waals surface area (Å²) in [5.74, 6) is 0.404. The fraction of sp³-hybridized carbons (Fsp3) is 0.409. The minimum atomic E-state index is -3.73. The lowest BCUT2D eigenvalue weighted by Gasteiger charge is -2.25. The van der Waals surface area contributed by atoms with Crippen molar-refractivity contribution in [2.75, 3.05) is 31.3 Å². The summed E-state index contributed by atoms with van der Waals surface area (Å²) >= 11 is 0. The number of benzene rings is 2. The van der Waals surface area contributed by atoms with Gasteiger partial charge in [-0.1, -0.05) is 12.1 Å². The number of hydrogen-bond donors (Lipinski definition) is 1. The van der Waals surface area contributed by atoms with Gasteiger partial charge in [0.1, 0.15) is 18.0 Å². The molecule has 0 saturated heterocycles. The molecule has 0 aliphatic heterocycles. The van der Waals surface area contributed by atoms with Crippen LogP contribution in [-0.4, -0.2) is 41.3 Å². The lowest BCUT2D eigenvalue weighted by atomic mass is 9.96. The van der Waals surface area contributed by atoms with Crippen LogP contribution in [0.2, 0.25) is 0 Å². The van der Waals surface area contributed by atoms with Crippen molar-refractivity contribution < 1.29 is 22.7 Å². The quantitative estimate of drug-likeness (QED) is 0.689. The molecule has 2 aromatic carbocycles. The minimum absolute atomic E-state index is 0.268. The molecule has 30 heavy (non-hydrogen) atoms. The second-order valence-electron chi connectivity index (χ2n) is 7.39. The molecule has 0 fully saturated rings. The Morgan fingerprint density at radius 3 is 2.23 bits per heavy atom. The molecule has 0 spiro atoms. The number of amides is 1. The molecule has 8 heteroatoms. The highest BCUT2D eigenvalue weighted by Crippen LogP contribution is 2.33. The maximum atomic E-state index is 12.8. The summed E-state index contributed by atoms with van der Waals surface area (Å²) in [6.07, 6.45) is 1.06. The summed E-state index contributed by atoms with van der Waals surface area (Å²) in [5, 5.41) is 2.91. The molecule has 7 nitrogen and oxygen atoms in total. The van der Waals surface area contributed by atoms with E-state index in [0.717, 1.165) is 27.3 Å². The number of carbonyl (C=O) groups is 1. The van der Waals surface area contributed by atoms with Gasteiger partial charge in [-0.3, -0.25) is 9.10 Å². The van der Waals surface area contributed by atoms with E-state index in [0.29, 0.717) is 11.5 Å². The van der Waals surface area contributed by atoms with Gasteiger partial charge in [-0.05, 0) is 62.1 Å². The van der Waals surface area contributed by atoms with Gasteiger partial charge >= 0.3 is 0 Å². The van der Waals surface area contributed by atoms with Crippen LogP contribution in [0.25, 0.3) is 0 Å². The number of anilines is 1. The molecule has 2 rings (SSSR count). The molecule has 164 valence electrons. The van der Waals surface area contributed by atoms with Crippen molar-refractivity contribution in [2.24, 2.45) is 0 Å². The van der Waals surface area contributed by atoms with E-state index in [2.05, 4.69) is 17.4 Å². The first-order chi connectivity index (χ1) is 14.0. The van der Waals surface area contributed by atoms with E-state index < -0.39 is 15.9 Å². The van der Waals surface area contributed by atoms with Gasteiger partial charge in [-0.2, -0.15) is 0 Å². The van der Waals surface area contributed by atoms with Crippen molar-refractivity contribution in [3.8, 4) is 11.5 Å². The highest BCUT2D eigenvalue weighted by atomic mass is 32.2. The van der Waals surface area contributed by atoms with Crippen LogP contribution in [0.4, 0.5) is 5.69 Å². The molecule has 0 saturated carbocycles. The third kappa shape index (κ3) is 5.44. The van der Waals surface area contributed by atoms with E-state index in [9.17, 15) is 13.2 Å². The first kappa shape index (κ1) is 23.5. The smallest absolute Gasteiger partial charge is 0.241 e. The molecule has 0 aliphatic carbocycles. The monoisotopic (exact) mass is 434 g/mol. The third-order valence-corrected chi connectivity index (χ3v) is 6.20. The van der Waals surface area contributed by atoms with Crippen LogP contribution >= 0.6 is 0 Å². The molecule has 1 amide bonds. The average Bonchev–Trinajstić information content (AvgIpc) is 2.67. The number of sulfonamides is 1. The summed E-state index contributed by atoms with van der Waals surface area (Å²) in [6.45, 7) is 7.58. The molecule has 0 bridgehead atoms. The molecular weight excluding hydrogens is 404 g/mol. The van der Waals surface area contributed by atoms with Crippen LogP contribution in [0, 0.1) is 20.8 Å². The number of carbonyl (C=O) groups excluding carboxylic acids is 1. The van der Waals surface area contributed by atoms with Gasteiger partial charge in [0.05, 0.1) is 32.2 Å². The number of aryl methyl sites for hydroxylation is 3. The highest BCUT2D eigenvalue weighted by molar-refractivity contribution is 7.92. The molecule has 0 aromatic heterocycles. The molecular formula is C22H30N2O5S. The molecule has 0 aliphatic rings. The topological polar surface area (TPSA) is 84.9 Å². The SMILES string of the molecule is COc1ccc(N(CC(=O)NC(C)c2cc(C)c(C)cc2C)S(C)(=O)=O)c(OC)c1. The van der Waals surface area contributed by atoms with Crippen molar-refractivity contribution in [1.82, 2.24) is 5.32 Å². The molecule has 2 aromatic rings. The van der Waals surface area contributed by atoms with Gasteiger partial charge < -0.3 is 14.8 Å². The van der Waals surface area contributed by atoms with Crippen LogP contribution in [0.1, 0.15) is 35.2 Å². The summed E-state index contributed by atoms with van der Waals surface area (Å²) in [6, 6.07) is 8.62. The van der Waals surface area contributed by atoms with Crippen LogP contribution in [-0.2, 0) is 14.8 Å². The van der Waals surface area contributed by atoms with Gasteiger partial charge in [0.25, 0.3) is 0 Å². The molecule has 0 radical (unpaired) electrons. The fourth-order valence-electron chi connectivity index (χ4n) is 3.32. The Balaban J connectivity index is 2.28. The van der Waals surface area contributed by atoms with E-state index in [1.54, 1.807) is 18.2 Å². The first-order valence-electron chi connectivity index (χ1n) is 9.54. The Kier molecular flexibility index (Phi) is 7.36. The maximum absolute atomic E-state index is 12.8. The lowest BCUT2D eigenvalue weighted by Crippen LogP contribution is -2.41. The summed E-state index contributed by atoms with van der Waals surface area (Å²) in [7, 11) is -0.794. The van der Waals surface area contributed by atoms with Crippen molar-refractivity contribution in [2.45, 2.75) is 33.7 Å². The van der Waals surface area contributed by atoms with Crippen molar-refractivity contribution in [3.63, 3.8) is 0 Å². The first-order valence-corrected chi connectivity index (χ1v) is 11.4. The Bertz CT molecular complexity index is 1030. The number of methoxy groups -OCH3 is 2. The van der Waals surface area contributed by atoms with Gasteiger partial charge in [0.2, 0.25) is 15.9 Å². The molecule has 1 atom stereocenters. The fourth-order valence-corrected chi connectivity index (χ4v) is 4.18. The van der Waals surface area contributed by atoms with Gasteiger partial charge in [-0.25, -0.2) is 8.42 Å². The van der Waals surface area contributed by atoms with Crippen LogP contribution in [0.3, 0.4) is 0 Å². The zero-order valence-electron chi connectivity index (χ0n) is 18.6. The second-order valence-corrected chi connectivity index (χ2v) is 9.30. The van der Waals surface area contributed by atoms with E-state index in [4.69, 9.17) is 9.47 Å². The van der Waals surface area contributed by atoms with E-state index in [1.165, 1.54) is 19.8 Å². The largest absolute Gasteiger partial charge is 0.497 e. The van der Waals surface area contributed by atoms with E-state index >= 15 is 0 Å². The minimum Gasteiger partial charge on any atom is -0.497 e. The summed E-state index contributed by atoms with van der Waals surface area (Å²) in [4.78, 5) is 12.8. The number of nitrogens with zero attached hydrogens (tertiary/aromatic N) is 1. The van der Waals surface area contributed by atoms with Gasteiger partial charge in [0.15, 0.2) is 0 Å². The van der Waals surface area contributed by atoms with Crippen LogP contribution < -0.4 is 19.1 Å². The van der Waals surface area contributed by atoms with E-state index in [-0.39, 0.29) is 18.3 Å². The molecule has 1 unspecified atom stereocenters. The normalized spacial score (nSPS) is 12.2. The number of hydrogen-bond acceptors (Lipinski definition) is 5. The Hall–Kier alpha value is -2.74. The number of ether oxygens (including phenoxy) is 2. The zero-order valence-corrected chi connectivity index (χ0v) is 19.4. The van der Waals surface area contributed by atoms with Gasteiger partial charge in [-0.15, -0.1) is 0 Å². The standard InChI is InChI=1S/C22H30N2O5S/c1-14-10-16(3)19(11-15(14)2)17(4)23-22(25)13-24(30(7,26)27)20-9-8-18(28-5)12-21(20)29-6/h8-12,17H,13H2,1-7H3,(H,23,25). The van der Waals surface area contributed by atoms with Crippen LogP contribution in [0.15, 0.2) is 30.3 Å². The lowest BCUT2D eigenvalue weighted by molar-refractivity contribution is -0.120. The molecule has 0 heterocycles. The summed E-state index contributed by atoms with van der Waals surface area (Å²) in [5.41, 5.74) is 4.66. The number of nitrogens with one attached hydrogen (secondary N) is 1. The second kappa shape index (κ2) is 9.38. The highest BCUT2D eigenvalue weighted by Gasteiger charge is 2.25. The zero-order chi connectivity index (χ0) is 22.6. The van der Waals surface area contributed by atoms with Crippen molar-refractivity contribution >= 4 is 21.6 Å². The summed E-state index contributed by atoms with van der Waals surface area (Å²) < 4.78 is 36.4. The van der Waals surface area contributed by atoms with Crippen LogP contribution in [0.5, 0.6) is 11.5 Å². The Morgan fingerprint density at radius 2 is 1.67 bits per heavy atom. The predicted molar refractivity (Wildman–Crippen MR) is 119 cm³/mol. The molecule has 1 N–H and O–H groups in total. The Labute approximate surface area is 179 Å². The Morgan fingerprint density at radius 1 is 1.03 bits per heavy atom. The van der Waals surface area contributed by atoms with Crippen molar-refractivity contribution in [3.05, 3.63) is 52.6 Å².